The van der Waals surface area contributed by atoms with E-state index in [1.807, 2.05) is 6.92 Å². The summed E-state index contributed by atoms with van der Waals surface area (Å²) in [7, 11) is -1.11. The third-order valence-corrected chi connectivity index (χ3v) is 4.28. The van der Waals surface area contributed by atoms with Gasteiger partial charge >= 0.3 is 0 Å². The highest BCUT2D eigenvalue weighted by Gasteiger charge is 2.17. The molecular formula is C11H22N2O3S. The summed E-state index contributed by atoms with van der Waals surface area (Å²) in [4.78, 5) is 11.6. The summed E-state index contributed by atoms with van der Waals surface area (Å²) < 4.78 is 16.8. The van der Waals surface area contributed by atoms with Crippen LogP contribution in [0.4, 0.5) is 0 Å². The van der Waals surface area contributed by atoms with Gasteiger partial charge < -0.3 is 15.8 Å². The number of carbonyl (C=O) groups excluding carboxylic acids is 1. The summed E-state index contributed by atoms with van der Waals surface area (Å²) >= 11 is 0. The van der Waals surface area contributed by atoms with Gasteiger partial charge in [-0.05, 0) is 25.3 Å². The lowest BCUT2D eigenvalue weighted by Gasteiger charge is -2.23. The predicted octanol–water partition coefficient (Wildman–Crippen LogP) is -0.375. The molecule has 0 spiro atoms. The Balaban J connectivity index is 2.21. The van der Waals surface area contributed by atoms with Gasteiger partial charge in [0.05, 0.1) is 0 Å². The lowest BCUT2D eigenvalue weighted by molar-refractivity contribution is -0.119. The van der Waals surface area contributed by atoms with Gasteiger partial charge in [-0.15, -0.1) is 0 Å². The van der Waals surface area contributed by atoms with Gasteiger partial charge in [0.25, 0.3) is 0 Å². The number of hydrogen-bond acceptors (Lipinski definition) is 4. The maximum absolute atomic E-state index is 11.6. The molecule has 0 saturated carbocycles. The van der Waals surface area contributed by atoms with Crippen molar-refractivity contribution in [2.24, 2.45) is 11.7 Å². The number of amides is 1. The van der Waals surface area contributed by atoms with Gasteiger partial charge in [-0.1, -0.05) is 6.92 Å². The minimum Gasteiger partial charge on any atom is -0.381 e. The maximum Gasteiger partial charge on any atom is 0.232 e. The molecule has 1 rings (SSSR count). The quantitative estimate of drug-likeness (QED) is 0.684. The summed E-state index contributed by atoms with van der Waals surface area (Å²) in [5, 5.41) is 2.90. The van der Waals surface area contributed by atoms with Crippen molar-refractivity contribution in [2.75, 3.05) is 31.3 Å². The van der Waals surface area contributed by atoms with Gasteiger partial charge in [0, 0.05) is 35.8 Å². The van der Waals surface area contributed by atoms with Crippen LogP contribution in [0.1, 0.15) is 19.8 Å². The molecule has 100 valence electrons. The minimum absolute atomic E-state index is 0.0850. The van der Waals surface area contributed by atoms with Gasteiger partial charge in [0.15, 0.2) is 0 Å². The molecule has 1 saturated heterocycles. The molecule has 0 aliphatic carbocycles. The van der Waals surface area contributed by atoms with E-state index in [0.29, 0.717) is 25.5 Å². The summed E-state index contributed by atoms with van der Waals surface area (Å²) in [6, 6.07) is 0.181. The van der Waals surface area contributed by atoms with Gasteiger partial charge in [0.2, 0.25) is 5.91 Å². The molecule has 1 fully saturated rings. The van der Waals surface area contributed by atoms with Crippen LogP contribution in [0.5, 0.6) is 0 Å². The van der Waals surface area contributed by atoms with Crippen molar-refractivity contribution in [3.63, 3.8) is 0 Å². The smallest absolute Gasteiger partial charge is 0.232 e. The normalized spacial score (nSPS) is 20.8. The number of carbonyl (C=O) groups is 1. The molecule has 2 atom stereocenters. The molecule has 6 heteroatoms. The van der Waals surface area contributed by atoms with Crippen molar-refractivity contribution < 1.29 is 13.7 Å². The number of hydrogen-bond donors (Lipinski definition) is 2. The van der Waals surface area contributed by atoms with E-state index >= 15 is 0 Å². The van der Waals surface area contributed by atoms with Crippen LogP contribution in [-0.4, -0.2) is 47.4 Å². The fourth-order valence-electron chi connectivity index (χ4n) is 1.70. The van der Waals surface area contributed by atoms with Gasteiger partial charge in [0.1, 0.15) is 5.75 Å². The van der Waals surface area contributed by atoms with Crippen LogP contribution in [0.25, 0.3) is 0 Å². The average molecular weight is 262 g/mol. The van der Waals surface area contributed by atoms with Crippen molar-refractivity contribution in [3.05, 3.63) is 0 Å². The van der Waals surface area contributed by atoms with E-state index in [9.17, 15) is 9.00 Å². The van der Waals surface area contributed by atoms with E-state index in [-0.39, 0.29) is 23.6 Å². The molecule has 1 heterocycles. The monoisotopic (exact) mass is 262 g/mol. The molecule has 0 aromatic heterocycles. The molecule has 0 aromatic carbocycles. The van der Waals surface area contributed by atoms with Crippen LogP contribution >= 0.6 is 0 Å². The highest BCUT2D eigenvalue weighted by molar-refractivity contribution is 7.85. The summed E-state index contributed by atoms with van der Waals surface area (Å²) in [6.45, 7) is 3.83. The molecule has 5 nitrogen and oxygen atoms in total. The topological polar surface area (TPSA) is 81.4 Å². The Morgan fingerprint density at radius 2 is 2.18 bits per heavy atom. The Hall–Kier alpha value is -0.460. The second-order valence-corrected chi connectivity index (χ2v) is 6.05. The summed E-state index contributed by atoms with van der Waals surface area (Å²) in [6.07, 6.45) is 1.69. The minimum atomic E-state index is -1.11. The number of nitrogens with two attached hydrogens (primary N) is 1. The van der Waals surface area contributed by atoms with Crippen LogP contribution < -0.4 is 11.1 Å². The Bertz CT molecular complexity index is 267. The Labute approximate surface area is 105 Å². The molecule has 17 heavy (non-hydrogen) atoms. The molecule has 0 aromatic rings. The average Bonchev–Trinajstić information content (AvgIpc) is 2.29. The van der Waals surface area contributed by atoms with Crippen LogP contribution in [0, 0.1) is 5.92 Å². The highest BCUT2D eigenvalue weighted by Crippen LogP contribution is 2.06. The number of ether oxygens (including phenoxy) is 1. The third kappa shape index (κ3) is 6.14. The largest absolute Gasteiger partial charge is 0.381 e. The first-order valence-corrected chi connectivity index (χ1v) is 7.52. The van der Waals surface area contributed by atoms with E-state index < -0.39 is 10.8 Å². The Kier molecular flexibility index (Phi) is 6.69. The highest BCUT2D eigenvalue weighted by atomic mass is 32.2. The number of rotatable bonds is 6. The SMILES string of the molecule is CC(CN)CS(=O)CC(=O)NC1CCOCC1. The summed E-state index contributed by atoms with van der Waals surface area (Å²) in [5.41, 5.74) is 5.45. The van der Waals surface area contributed by atoms with Crippen molar-refractivity contribution in [3.8, 4) is 0 Å². The second-order valence-electron chi connectivity index (χ2n) is 4.55. The van der Waals surface area contributed by atoms with Crippen LogP contribution in [0.15, 0.2) is 0 Å². The van der Waals surface area contributed by atoms with E-state index in [4.69, 9.17) is 10.5 Å². The zero-order valence-electron chi connectivity index (χ0n) is 10.3. The van der Waals surface area contributed by atoms with Crippen molar-refractivity contribution in [1.82, 2.24) is 5.32 Å². The lowest BCUT2D eigenvalue weighted by atomic mass is 10.1. The van der Waals surface area contributed by atoms with Gasteiger partial charge in [-0.25, -0.2) is 0 Å². The maximum atomic E-state index is 11.6. The molecule has 1 aliphatic rings. The van der Waals surface area contributed by atoms with E-state index in [1.54, 1.807) is 0 Å². The Morgan fingerprint density at radius 1 is 1.53 bits per heavy atom. The zero-order valence-corrected chi connectivity index (χ0v) is 11.1. The van der Waals surface area contributed by atoms with Crippen molar-refractivity contribution in [1.29, 1.82) is 0 Å². The van der Waals surface area contributed by atoms with E-state index in [2.05, 4.69) is 5.32 Å². The molecular weight excluding hydrogens is 240 g/mol. The summed E-state index contributed by atoms with van der Waals surface area (Å²) in [5.74, 6) is 0.658. The second kappa shape index (κ2) is 7.79. The molecule has 1 aliphatic heterocycles. The predicted molar refractivity (Wildman–Crippen MR) is 68.1 cm³/mol. The van der Waals surface area contributed by atoms with E-state index in [0.717, 1.165) is 12.8 Å². The molecule has 3 N–H and O–H groups in total. The van der Waals surface area contributed by atoms with E-state index in [1.165, 1.54) is 0 Å². The first-order chi connectivity index (χ1) is 8.11. The van der Waals surface area contributed by atoms with Crippen LogP contribution in [0.3, 0.4) is 0 Å². The standard InChI is InChI=1S/C11H22N2O3S/c1-9(6-12)7-17(15)8-11(14)13-10-2-4-16-5-3-10/h9-10H,2-8,12H2,1H3,(H,13,14). The first kappa shape index (κ1) is 14.6. The van der Waals surface area contributed by atoms with Gasteiger partial charge in [-0.3, -0.25) is 9.00 Å². The fraction of sp³-hybridized carbons (Fsp3) is 0.909. The fourth-order valence-corrected chi connectivity index (χ4v) is 2.97. The van der Waals surface area contributed by atoms with Crippen molar-refractivity contribution >= 4 is 16.7 Å². The molecule has 1 amide bonds. The third-order valence-electron chi connectivity index (χ3n) is 2.75. The number of nitrogens with one attached hydrogen (secondary N) is 1. The first-order valence-electron chi connectivity index (χ1n) is 6.04. The van der Waals surface area contributed by atoms with Crippen LogP contribution in [-0.2, 0) is 20.3 Å². The van der Waals surface area contributed by atoms with Crippen LogP contribution in [0.2, 0.25) is 0 Å². The van der Waals surface area contributed by atoms with Gasteiger partial charge in [-0.2, -0.15) is 0 Å². The molecule has 0 radical (unpaired) electrons. The molecule has 2 unspecified atom stereocenters. The lowest BCUT2D eigenvalue weighted by Crippen LogP contribution is -2.41. The Morgan fingerprint density at radius 3 is 2.76 bits per heavy atom. The van der Waals surface area contributed by atoms with Crippen molar-refractivity contribution in [2.45, 2.75) is 25.8 Å². The zero-order chi connectivity index (χ0) is 12.7. The molecule has 0 bridgehead atoms.